The Morgan fingerprint density at radius 1 is 0.800 bits per heavy atom. The van der Waals surface area contributed by atoms with Crippen LogP contribution in [-0.2, 0) is 28.5 Å². The first-order valence-corrected chi connectivity index (χ1v) is 3.79. The molecule has 0 fully saturated rings. The third-order valence-electron chi connectivity index (χ3n) is 0.897. The van der Waals surface area contributed by atoms with E-state index in [9.17, 15) is 9.59 Å². The van der Waals surface area contributed by atoms with E-state index in [1.807, 2.05) is 0 Å². The Hall–Kier alpha value is -2.14. The van der Waals surface area contributed by atoms with Gasteiger partial charge in [0.15, 0.2) is 0 Å². The van der Waals surface area contributed by atoms with Crippen LogP contribution in [0.2, 0.25) is 0 Å². The molecule has 0 saturated carbocycles. The number of rotatable bonds is 8. The molecule has 0 amide bonds. The molecule has 0 bridgehead atoms. The molecule has 0 atom stereocenters. The molecule has 0 unspecified atom stereocenters. The molecule has 0 aromatic heterocycles. The summed E-state index contributed by atoms with van der Waals surface area (Å²) < 4.78 is 17.4. The van der Waals surface area contributed by atoms with E-state index in [4.69, 9.17) is 0 Å². The minimum atomic E-state index is 0. The summed E-state index contributed by atoms with van der Waals surface area (Å²) >= 11 is 0. The fourth-order valence-corrected chi connectivity index (χ4v) is 0.333. The maximum Gasteiger partial charge on any atom is 0.0769 e. The van der Waals surface area contributed by atoms with Gasteiger partial charge < -0.3 is 28.5 Å². The van der Waals surface area contributed by atoms with Crippen molar-refractivity contribution in [1.82, 2.24) is 0 Å². The van der Waals surface area contributed by atoms with Gasteiger partial charge in [-0.3, -0.25) is 0 Å². The predicted molar refractivity (Wildman–Crippen MR) is 47.0 cm³/mol. The first-order chi connectivity index (χ1) is 6.83. The van der Waals surface area contributed by atoms with Crippen molar-refractivity contribution in [3.8, 4) is 0 Å². The molecular formula is C8H14O6Rf-2. The van der Waals surface area contributed by atoms with Crippen LogP contribution in [0.15, 0.2) is 0 Å². The van der Waals surface area contributed by atoms with Crippen molar-refractivity contribution in [2.24, 2.45) is 0 Å². The van der Waals surface area contributed by atoms with Crippen molar-refractivity contribution in [1.29, 1.82) is 0 Å². The fourth-order valence-electron chi connectivity index (χ4n) is 0.333. The number of hydrogen-bond acceptors (Lipinski definition) is 6. The quantitative estimate of drug-likeness (QED) is 0.348. The van der Waals surface area contributed by atoms with E-state index < -0.39 is 0 Å². The predicted octanol–water partition coefficient (Wildman–Crippen LogP) is -0.567. The Morgan fingerprint density at radius 3 is 1.33 bits per heavy atom. The molecule has 0 aliphatic rings. The van der Waals surface area contributed by atoms with Crippen LogP contribution in [0.5, 0.6) is 0 Å². The van der Waals surface area contributed by atoms with Crippen LogP contribution in [0, 0.1) is 0 Å². The van der Waals surface area contributed by atoms with Crippen molar-refractivity contribution in [2.45, 2.75) is 0 Å². The third kappa shape index (κ3) is 33.6. The molecule has 15 heavy (non-hydrogen) atoms. The molecule has 7 heteroatoms. The average Bonchev–Trinajstić information content (AvgIpc) is 2.21. The second kappa shape index (κ2) is 22.6. The molecule has 0 radical (unpaired) electrons. The van der Waals surface area contributed by atoms with Gasteiger partial charge in [-0.2, -0.15) is 0 Å². The molecule has 0 N–H and O–H groups in total. The van der Waals surface area contributed by atoms with Crippen molar-refractivity contribution < 1.29 is 28.5 Å². The summed E-state index contributed by atoms with van der Waals surface area (Å²) in [4.78, 5) is 18.6. The van der Waals surface area contributed by atoms with Gasteiger partial charge in [-0.1, -0.05) is 12.9 Å². The van der Waals surface area contributed by atoms with E-state index in [1.165, 1.54) is 27.2 Å². The molecule has 0 saturated heterocycles. The molecule has 6 nitrogen and oxygen atoms in total. The van der Waals surface area contributed by atoms with Crippen molar-refractivity contribution in [2.75, 3.05) is 40.6 Å². The van der Waals surface area contributed by atoms with E-state index in [0.29, 0.717) is 26.4 Å². The topological polar surface area (TPSA) is 71.1 Å². The van der Waals surface area contributed by atoms with Crippen LogP contribution in [0.4, 0.5) is 0 Å². The van der Waals surface area contributed by atoms with Crippen LogP contribution < -0.4 is 0 Å². The standard InChI is InChI=1S/2C4H7O3.Rf/c2*1-6-2-3-7-4-5;/h2*2-3H2,1H3;/q2*-1;. The number of ether oxygens (including phenoxy) is 4. The van der Waals surface area contributed by atoms with E-state index in [0.717, 1.165) is 0 Å². The molecule has 0 rings (SSSR count). The van der Waals surface area contributed by atoms with Crippen molar-refractivity contribution in [3.05, 3.63) is 0 Å². The van der Waals surface area contributed by atoms with Gasteiger partial charge in [0.25, 0.3) is 0 Å². The second-order valence-corrected chi connectivity index (χ2v) is 1.85. The summed E-state index contributed by atoms with van der Waals surface area (Å²) in [5, 5.41) is 0. The Labute approximate surface area is 83.1 Å². The molecule has 0 aromatic carbocycles. The van der Waals surface area contributed by atoms with Gasteiger partial charge in [-0.05, 0) is 0 Å². The van der Waals surface area contributed by atoms with E-state index in [1.54, 1.807) is 0 Å². The first kappa shape index (κ1) is 18.6. The largest absolute Gasteiger partial charge is 0.651 e. The normalized spacial score (nSPS) is 7.60. The Balaban J connectivity index is -0.000000180. The maximum absolute atomic E-state index is 9.28. The van der Waals surface area contributed by atoms with Crippen LogP contribution in [0.3, 0.4) is 0 Å². The molecule has 86 valence electrons. The average molecular weight is 473 g/mol. The van der Waals surface area contributed by atoms with Gasteiger partial charge in [0.05, 0.1) is 26.4 Å². The summed E-state index contributed by atoms with van der Waals surface area (Å²) in [6.45, 7) is 4.01. The molecular weight excluding hydrogens is 459 g/mol. The number of carbonyl (C=O) groups excluding carboxylic acids is 2. The first-order valence-electron chi connectivity index (χ1n) is 3.79. The van der Waals surface area contributed by atoms with Crippen molar-refractivity contribution >= 4 is 12.9 Å². The van der Waals surface area contributed by atoms with Crippen molar-refractivity contribution in [3.63, 3.8) is 0 Å². The van der Waals surface area contributed by atoms with E-state index >= 15 is 0 Å². The molecule has 0 spiro atoms. The molecule has 0 aromatic rings. The summed E-state index contributed by atoms with van der Waals surface area (Å²) in [5.74, 6) is 0. The number of hydrogen-bond donors (Lipinski definition) is 0. The van der Waals surface area contributed by atoms with Gasteiger partial charge in [0.2, 0.25) is 0 Å². The van der Waals surface area contributed by atoms with Crippen LogP contribution in [0.25, 0.3) is 0 Å². The zero-order chi connectivity index (χ0) is 11.1. The summed E-state index contributed by atoms with van der Waals surface area (Å²) in [5.41, 5.74) is 0. The second-order valence-electron chi connectivity index (χ2n) is 1.85. The van der Waals surface area contributed by atoms with E-state index in [2.05, 4.69) is 18.9 Å². The number of methoxy groups -OCH3 is 2. The maximum atomic E-state index is 9.28. The molecule has 0 aliphatic heterocycles. The van der Waals surface area contributed by atoms with Gasteiger partial charge in [0, 0.05) is 14.2 Å². The van der Waals surface area contributed by atoms with E-state index in [-0.39, 0.29) is 0 Å². The van der Waals surface area contributed by atoms with Crippen LogP contribution >= 0.6 is 0 Å². The van der Waals surface area contributed by atoms with Crippen LogP contribution in [0.1, 0.15) is 0 Å². The summed E-state index contributed by atoms with van der Waals surface area (Å²) in [6, 6.07) is 0. The summed E-state index contributed by atoms with van der Waals surface area (Å²) in [6.07, 6.45) is 0. The minimum Gasteiger partial charge on any atom is -0.651 e. The smallest absolute Gasteiger partial charge is 0.0769 e. The zero-order valence-corrected chi connectivity index (χ0v) is 15.4. The minimum absolute atomic E-state index is 0. The Bertz CT molecular complexity index is 108. The van der Waals surface area contributed by atoms with Gasteiger partial charge in [-0.15, -0.1) is 0 Å². The van der Waals surface area contributed by atoms with Gasteiger partial charge >= 0.3 is 0 Å². The summed E-state index contributed by atoms with van der Waals surface area (Å²) in [7, 11) is 3.07. The van der Waals surface area contributed by atoms with Crippen LogP contribution in [-0.4, -0.2) is 53.6 Å². The van der Waals surface area contributed by atoms with Gasteiger partial charge in [0.1, 0.15) is 0 Å². The van der Waals surface area contributed by atoms with Gasteiger partial charge in [-0.25, -0.2) is 0 Å². The fraction of sp³-hybridized carbons (Fsp3) is 0.750. The zero-order valence-electron chi connectivity index (χ0n) is 8.99. The molecule has 0 aliphatic carbocycles. The Morgan fingerprint density at radius 2 is 1.13 bits per heavy atom. The SMILES string of the molecule is COCCO[C-]=O.COCCO[C-]=O.[Rf]. The monoisotopic (exact) mass is 473 g/mol. The Kier molecular flexibility index (Phi) is 28.1. The molecule has 0 heterocycles. The third-order valence-corrected chi connectivity index (χ3v) is 0.897.